The average molecular weight is 300 g/mol. The predicted octanol–water partition coefficient (Wildman–Crippen LogP) is 3.22. The van der Waals surface area contributed by atoms with Gasteiger partial charge in [0.25, 0.3) is 0 Å². The number of carbonyl (C=O) groups is 1. The number of hydrogen-bond acceptors (Lipinski definition) is 2. The van der Waals surface area contributed by atoms with E-state index in [0.29, 0.717) is 12.0 Å². The zero-order chi connectivity index (χ0) is 15.4. The zero-order valence-corrected chi connectivity index (χ0v) is 13.6. The molecule has 4 atom stereocenters. The van der Waals surface area contributed by atoms with Crippen LogP contribution in [0, 0.1) is 5.92 Å². The second-order valence-electron chi connectivity index (χ2n) is 6.87. The van der Waals surface area contributed by atoms with Gasteiger partial charge in [-0.3, -0.25) is 4.79 Å². The van der Waals surface area contributed by atoms with E-state index in [-0.39, 0.29) is 11.9 Å². The van der Waals surface area contributed by atoms with Crippen LogP contribution < -0.4 is 10.6 Å². The minimum atomic E-state index is 0.0291. The minimum absolute atomic E-state index is 0.0291. The molecule has 2 N–H and O–H groups in total. The molecular formula is C19H28N2O. The summed E-state index contributed by atoms with van der Waals surface area (Å²) in [6, 6.07) is 11.1. The van der Waals surface area contributed by atoms with Crippen LogP contribution in [0.5, 0.6) is 0 Å². The van der Waals surface area contributed by atoms with Gasteiger partial charge in [0.1, 0.15) is 0 Å². The lowest BCUT2D eigenvalue weighted by Gasteiger charge is -2.24. The molecule has 3 rings (SSSR count). The molecule has 2 aliphatic rings. The molecular weight excluding hydrogens is 272 g/mol. The van der Waals surface area contributed by atoms with Crippen LogP contribution in [0.2, 0.25) is 0 Å². The maximum Gasteiger partial charge on any atom is 0.237 e. The van der Waals surface area contributed by atoms with Crippen LogP contribution in [-0.2, 0) is 4.79 Å². The molecule has 22 heavy (non-hydrogen) atoms. The van der Waals surface area contributed by atoms with Gasteiger partial charge in [0.15, 0.2) is 0 Å². The van der Waals surface area contributed by atoms with Gasteiger partial charge in [-0.25, -0.2) is 0 Å². The molecule has 1 saturated carbocycles. The van der Waals surface area contributed by atoms with Crippen molar-refractivity contribution in [3.63, 3.8) is 0 Å². The van der Waals surface area contributed by atoms with Crippen LogP contribution in [0.25, 0.3) is 0 Å². The first-order valence-electron chi connectivity index (χ1n) is 8.86. The van der Waals surface area contributed by atoms with E-state index in [1.54, 1.807) is 0 Å². The van der Waals surface area contributed by atoms with Crippen molar-refractivity contribution in [2.75, 3.05) is 6.54 Å². The molecule has 1 aromatic carbocycles. The molecule has 4 unspecified atom stereocenters. The molecule has 1 heterocycles. The number of carbonyl (C=O) groups excluding carboxylic acids is 1. The molecule has 1 aromatic rings. The Labute approximate surface area is 133 Å². The van der Waals surface area contributed by atoms with E-state index in [1.807, 2.05) is 6.07 Å². The highest BCUT2D eigenvalue weighted by Gasteiger charge is 2.38. The SMILES string of the molecule is CCC(CNC(=O)C1CC2CCCCC2N1)c1ccccc1. The Morgan fingerprint density at radius 1 is 1.27 bits per heavy atom. The van der Waals surface area contributed by atoms with Gasteiger partial charge < -0.3 is 10.6 Å². The van der Waals surface area contributed by atoms with E-state index in [0.717, 1.165) is 25.3 Å². The molecule has 2 fully saturated rings. The minimum Gasteiger partial charge on any atom is -0.354 e. The molecule has 0 radical (unpaired) electrons. The van der Waals surface area contributed by atoms with Crippen LogP contribution in [0.4, 0.5) is 0 Å². The van der Waals surface area contributed by atoms with Crippen LogP contribution >= 0.6 is 0 Å². The summed E-state index contributed by atoms with van der Waals surface area (Å²) in [6.07, 6.45) is 7.27. The number of hydrogen-bond donors (Lipinski definition) is 2. The molecule has 1 aliphatic carbocycles. The summed E-state index contributed by atoms with van der Waals surface area (Å²) in [4.78, 5) is 12.5. The van der Waals surface area contributed by atoms with E-state index in [1.165, 1.54) is 31.2 Å². The molecule has 0 aromatic heterocycles. The van der Waals surface area contributed by atoms with Crippen molar-refractivity contribution in [3.05, 3.63) is 35.9 Å². The van der Waals surface area contributed by atoms with Crippen molar-refractivity contribution >= 4 is 5.91 Å². The highest BCUT2D eigenvalue weighted by Crippen LogP contribution is 2.33. The summed E-state index contributed by atoms with van der Waals surface area (Å²) in [7, 11) is 0. The van der Waals surface area contributed by atoms with Crippen molar-refractivity contribution in [2.24, 2.45) is 5.92 Å². The van der Waals surface area contributed by atoms with Gasteiger partial charge in [0.2, 0.25) is 5.91 Å². The lowest BCUT2D eigenvalue weighted by atomic mass is 9.85. The van der Waals surface area contributed by atoms with Crippen LogP contribution in [0.15, 0.2) is 30.3 Å². The van der Waals surface area contributed by atoms with Crippen molar-refractivity contribution in [3.8, 4) is 0 Å². The molecule has 0 spiro atoms. The van der Waals surface area contributed by atoms with E-state index >= 15 is 0 Å². The number of benzene rings is 1. The van der Waals surface area contributed by atoms with Crippen molar-refractivity contribution < 1.29 is 4.79 Å². The normalized spacial score (nSPS) is 28.9. The van der Waals surface area contributed by atoms with Crippen molar-refractivity contribution in [2.45, 2.75) is 63.5 Å². The fraction of sp³-hybridized carbons (Fsp3) is 0.632. The Morgan fingerprint density at radius 3 is 2.77 bits per heavy atom. The lowest BCUT2D eigenvalue weighted by Crippen LogP contribution is -2.44. The van der Waals surface area contributed by atoms with Gasteiger partial charge in [-0.2, -0.15) is 0 Å². The third-order valence-electron chi connectivity index (χ3n) is 5.47. The number of amides is 1. The Balaban J connectivity index is 1.51. The van der Waals surface area contributed by atoms with E-state index < -0.39 is 0 Å². The fourth-order valence-corrected chi connectivity index (χ4v) is 4.09. The molecule has 120 valence electrons. The van der Waals surface area contributed by atoms with Gasteiger partial charge in [-0.05, 0) is 37.2 Å². The second-order valence-corrected chi connectivity index (χ2v) is 6.87. The monoisotopic (exact) mass is 300 g/mol. The fourth-order valence-electron chi connectivity index (χ4n) is 4.09. The Morgan fingerprint density at radius 2 is 2.05 bits per heavy atom. The predicted molar refractivity (Wildman–Crippen MR) is 89.8 cm³/mol. The number of rotatable bonds is 5. The molecule has 3 nitrogen and oxygen atoms in total. The smallest absolute Gasteiger partial charge is 0.237 e. The Bertz CT molecular complexity index is 473. The topological polar surface area (TPSA) is 41.1 Å². The largest absolute Gasteiger partial charge is 0.354 e. The first-order chi connectivity index (χ1) is 10.8. The lowest BCUT2D eigenvalue weighted by molar-refractivity contribution is -0.122. The summed E-state index contributed by atoms with van der Waals surface area (Å²) < 4.78 is 0. The third-order valence-corrected chi connectivity index (χ3v) is 5.47. The average Bonchev–Trinajstić information content (AvgIpc) is 3.00. The van der Waals surface area contributed by atoms with E-state index in [4.69, 9.17) is 0 Å². The molecule has 1 amide bonds. The van der Waals surface area contributed by atoms with Crippen LogP contribution in [-0.4, -0.2) is 24.5 Å². The van der Waals surface area contributed by atoms with Crippen molar-refractivity contribution in [1.29, 1.82) is 0 Å². The van der Waals surface area contributed by atoms with Gasteiger partial charge >= 0.3 is 0 Å². The summed E-state index contributed by atoms with van der Waals surface area (Å²) in [6.45, 7) is 2.93. The maximum absolute atomic E-state index is 12.5. The Kier molecular flexibility index (Phi) is 5.14. The summed E-state index contributed by atoms with van der Waals surface area (Å²) >= 11 is 0. The van der Waals surface area contributed by atoms with Crippen LogP contribution in [0.3, 0.4) is 0 Å². The standard InChI is InChI=1S/C19H28N2O/c1-2-14(15-8-4-3-5-9-15)13-20-19(22)18-12-16-10-6-7-11-17(16)21-18/h3-5,8-9,14,16-18,21H,2,6-7,10-13H2,1H3,(H,20,22). The highest BCUT2D eigenvalue weighted by molar-refractivity contribution is 5.82. The highest BCUT2D eigenvalue weighted by atomic mass is 16.2. The van der Waals surface area contributed by atoms with Crippen LogP contribution in [0.1, 0.15) is 56.9 Å². The summed E-state index contributed by atoms with van der Waals surface area (Å²) in [5.41, 5.74) is 1.32. The molecule has 1 saturated heterocycles. The zero-order valence-electron chi connectivity index (χ0n) is 13.6. The number of nitrogens with one attached hydrogen (secondary N) is 2. The summed E-state index contributed by atoms with van der Waals surface area (Å²) in [5.74, 6) is 1.33. The first-order valence-corrected chi connectivity index (χ1v) is 8.86. The molecule has 1 aliphatic heterocycles. The van der Waals surface area contributed by atoms with Gasteiger partial charge in [-0.1, -0.05) is 50.1 Å². The molecule has 3 heteroatoms. The van der Waals surface area contributed by atoms with Gasteiger partial charge in [0.05, 0.1) is 6.04 Å². The maximum atomic E-state index is 12.5. The van der Waals surface area contributed by atoms with E-state index in [9.17, 15) is 4.79 Å². The first kappa shape index (κ1) is 15.5. The summed E-state index contributed by atoms with van der Waals surface area (Å²) in [5, 5.41) is 6.74. The van der Waals surface area contributed by atoms with Crippen molar-refractivity contribution in [1.82, 2.24) is 10.6 Å². The van der Waals surface area contributed by atoms with Gasteiger partial charge in [0, 0.05) is 18.5 Å². The van der Waals surface area contributed by atoms with E-state index in [2.05, 4.69) is 41.8 Å². The molecule has 0 bridgehead atoms. The van der Waals surface area contributed by atoms with Gasteiger partial charge in [-0.15, -0.1) is 0 Å². The Hall–Kier alpha value is -1.35. The quantitative estimate of drug-likeness (QED) is 0.876. The number of fused-ring (bicyclic) bond motifs is 1. The third kappa shape index (κ3) is 3.52. The second kappa shape index (κ2) is 7.28.